The van der Waals surface area contributed by atoms with E-state index in [4.69, 9.17) is 16.3 Å². The number of nitrogens with zero attached hydrogens (tertiary/aromatic N) is 3. The molecule has 0 unspecified atom stereocenters. The van der Waals surface area contributed by atoms with Gasteiger partial charge in [0, 0.05) is 20.9 Å². The molecule has 1 N–H and O–H groups in total. The molecule has 0 spiro atoms. The Morgan fingerprint density at radius 3 is 2.55 bits per heavy atom. The molecule has 0 saturated heterocycles. The van der Waals surface area contributed by atoms with Gasteiger partial charge in [-0.25, -0.2) is 8.78 Å². The van der Waals surface area contributed by atoms with Crippen molar-refractivity contribution in [3.63, 3.8) is 0 Å². The Labute approximate surface area is 186 Å². The van der Waals surface area contributed by atoms with Crippen LogP contribution in [0.1, 0.15) is 0 Å². The molecule has 0 aliphatic carbocycles. The van der Waals surface area contributed by atoms with Gasteiger partial charge in [0.25, 0.3) is 0 Å². The van der Waals surface area contributed by atoms with Crippen molar-refractivity contribution in [3.05, 3.63) is 41.3 Å². The molecular formula is C20H26ClF2N4O2PSi. The monoisotopic (exact) mass is 486 g/mol. The lowest BCUT2D eigenvalue weighted by atomic mass is 10.2. The maximum Gasteiger partial charge on any atom is 0.226 e. The lowest BCUT2D eigenvalue weighted by Gasteiger charge is -2.17. The SMILES string of the molecule is C[Si](C)(C)CCOCn1ccc2c(Nc3ccc(F)c(F)c3P(C)(C)=O)nc(Cl)nc21. The predicted molar refractivity (Wildman–Crippen MR) is 125 cm³/mol. The largest absolute Gasteiger partial charge is 0.361 e. The molecule has 0 aliphatic heterocycles. The van der Waals surface area contributed by atoms with E-state index >= 15 is 0 Å². The van der Waals surface area contributed by atoms with Crippen molar-refractivity contribution in [1.82, 2.24) is 14.5 Å². The van der Waals surface area contributed by atoms with Crippen molar-refractivity contribution in [2.45, 2.75) is 32.4 Å². The average Bonchev–Trinajstić information content (AvgIpc) is 3.03. The first-order valence-electron chi connectivity index (χ1n) is 9.77. The number of nitrogens with one attached hydrogen (secondary N) is 1. The highest BCUT2D eigenvalue weighted by molar-refractivity contribution is 7.70. The van der Waals surface area contributed by atoms with Gasteiger partial charge in [-0.3, -0.25) is 0 Å². The van der Waals surface area contributed by atoms with E-state index in [-0.39, 0.29) is 16.3 Å². The third-order valence-electron chi connectivity index (χ3n) is 4.68. The highest BCUT2D eigenvalue weighted by Gasteiger charge is 2.25. The Morgan fingerprint density at radius 2 is 1.90 bits per heavy atom. The summed E-state index contributed by atoms with van der Waals surface area (Å²) < 4.78 is 48.5. The molecule has 2 heterocycles. The van der Waals surface area contributed by atoms with Crippen LogP contribution in [0.25, 0.3) is 11.0 Å². The van der Waals surface area contributed by atoms with Gasteiger partial charge < -0.3 is 19.2 Å². The number of hydrogen-bond acceptors (Lipinski definition) is 5. The Balaban J connectivity index is 1.94. The zero-order valence-electron chi connectivity index (χ0n) is 18.2. The lowest BCUT2D eigenvalue weighted by Crippen LogP contribution is -2.22. The third-order valence-corrected chi connectivity index (χ3v) is 8.07. The second-order valence-electron chi connectivity index (χ2n) is 8.95. The van der Waals surface area contributed by atoms with Gasteiger partial charge in [0.15, 0.2) is 11.6 Å². The summed E-state index contributed by atoms with van der Waals surface area (Å²) in [5, 5.41) is 3.37. The van der Waals surface area contributed by atoms with Crippen molar-refractivity contribution < 1.29 is 18.1 Å². The molecule has 0 fully saturated rings. The number of hydrogen-bond donors (Lipinski definition) is 1. The number of aromatic nitrogens is 3. The van der Waals surface area contributed by atoms with Crippen LogP contribution in [0.5, 0.6) is 0 Å². The Bertz CT molecular complexity index is 1160. The zero-order valence-corrected chi connectivity index (χ0v) is 20.8. The van der Waals surface area contributed by atoms with Gasteiger partial charge in [0.1, 0.15) is 25.3 Å². The van der Waals surface area contributed by atoms with Crippen LogP contribution in [0, 0.1) is 11.6 Å². The van der Waals surface area contributed by atoms with E-state index in [1.165, 1.54) is 19.4 Å². The summed E-state index contributed by atoms with van der Waals surface area (Å²) in [4.78, 5) is 8.49. The molecule has 2 aromatic heterocycles. The van der Waals surface area contributed by atoms with Gasteiger partial charge >= 0.3 is 0 Å². The highest BCUT2D eigenvalue weighted by atomic mass is 35.5. The van der Waals surface area contributed by atoms with E-state index in [0.29, 0.717) is 30.2 Å². The molecule has 11 heteroatoms. The van der Waals surface area contributed by atoms with E-state index < -0.39 is 26.9 Å². The van der Waals surface area contributed by atoms with Crippen molar-refractivity contribution in [2.24, 2.45) is 0 Å². The summed E-state index contributed by atoms with van der Waals surface area (Å²) in [5.74, 6) is -1.89. The summed E-state index contributed by atoms with van der Waals surface area (Å²) >= 11 is 6.13. The van der Waals surface area contributed by atoms with Gasteiger partial charge in [0.2, 0.25) is 5.28 Å². The molecule has 1 aromatic carbocycles. The average molecular weight is 487 g/mol. The first-order chi connectivity index (χ1) is 14.4. The second kappa shape index (κ2) is 8.98. The summed E-state index contributed by atoms with van der Waals surface area (Å²) in [6.45, 7) is 10.6. The minimum Gasteiger partial charge on any atom is -0.361 e. The fourth-order valence-electron chi connectivity index (χ4n) is 3.07. The summed E-state index contributed by atoms with van der Waals surface area (Å²) in [7, 11) is -4.33. The number of ether oxygens (including phenoxy) is 1. The summed E-state index contributed by atoms with van der Waals surface area (Å²) in [5.41, 5.74) is 0.707. The zero-order chi connectivity index (χ0) is 23.0. The molecule has 0 bridgehead atoms. The van der Waals surface area contributed by atoms with Gasteiger partial charge in [-0.1, -0.05) is 19.6 Å². The quantitative estimate of drug-likeness (QED) is 0.192. The second-order valence-corrected chi connectivity index (χ2v) is 18.1. The fraction of sp³-hybridized carbons (Fsp3) is 0.400. The highest BCUT2D eigenvalue weighted by Crippen LogP contribution is 2.40. The van der Waals surface area contributed by atoms with Crippen molar-refractivity contribution in [1.29, 1.82) is 0 Å². The molecule has 0 radical (unpaired) electrons. The normalized spacial score (nSPS) is 12.5. The molecule has 3 rings (SSSR count). The van der Waals surface area contributed by atoms with E-state index in [9.17, 15) is 13.3 Å². The molecule has 168 valence electrons. The smallest absolute Gasteiger partial charge is 0.226 e. The minimum atomic E-state index is -3.13. The Morgan fingerprint density at radius 1 is 1.19 bits per heavy atom. The van der Waals surface area contributed by atoms with E-state index in [1.807, 2.05) is 0 Å². The van der Waals surface area contributed by atoms with Crippen molar-refractivity contribution in [3.8, 4) is 0 Å². The van der Waals surface area contributed by atoms with Crippen LogP contribution in [0.3, 0.4) is 0 Å². The predicted octanol–water partition coefficient (Wildman–Crippen LogP) is 5.67. The molecule has 6 nitrogen and oxygen atoms in total. The number of rotatable bonds is 8. The van der Waals surface area contributed by atoms with Crippen LogP contribution in [0.2, 0.25) is 31.0 Å². The molecular weight excluding hydrogens is 461 g/mol. The lowest BCUT2D eigenvalue weighted by molar-refractivity contribution is 0.0899. The van der Waals surface area contributed by atoms with Crippen LogP contribution in [-0.2, 0) is 16.0 Å². The molecule has 0 aliphatic rings. The Hall–Kier alpha value is -1.80. The molecule has 0 saturated carbocycles. The van der Waals surface area contributed by atoms with E-state index in [0.717, 1.165) is 12.1 Å². The van der Waals surface area contributed by atoms with Crippen LogP contribution >= 0.6 is 18.7 Å². The molecule has 3 aromatic rings. The molecule has 0 amide bonds. The number of fused-ring (bicyclic) bond motifs is 1. The molecule has 0 atom stereocenters. The van der Waals surface area contributed by atoms with E-state index in [2.05, 4.69) is 34.9 Å². The Kier molecular flexibility index (Phi) is 6.91. The van der Waals surface area contributed by atoms with Crippen LogP contribution < -0.4 is 10.6 Å². The summed E-state index contributed by atoms with van der Waals surface area (Å²) in [6.07, 6.45) is 1.80. The van der Waals surface area contributed by atoms with Crippen LogP contribution in [0.15, 0.2) is 24.4 Å². The van der Waals surface area contributed by atoms with Gasteiger partial charge in [0.05, 0.1) is 16.4 Å². The maximum atomic E-state index is 14.5. The number of halogens is 3. The van der Waals surface area contributed by atoms with Gasteiger partial charge in [-0.15, -0.1) is 0 Å². The van der Waals surface area contributed by atoms with Crippen molar-refractivity contribution in [2.75, 3.05) is 25.3 Å². The maximum absolute atomic E-state index is 14.5. The third kappa shape index (κ3) is 5.71. The summed E-state index contributed by atoms with van der Waals surface area (Å²) in [6, 6.07) is 5.15. The molecule has 31 heavy (non-hydrogen) atoms. The fourth-order valence-corrected chi connectivity index (χ4v) is 5.29. The number of anilines is 2. The van der Waals surface area contributed by atoms with Gasteiger partial charge in [-0.05, 0) is 49.2 Å². The minimum absolute atomic E-state index is 0.0163. The van der Waals surface area contributed by atoms with Crippen molar-refractivity contribution >= 4 is 54.7 Å². The van der Waals surface area contributed by atoms with E-state index in [1.54, 1.807) is 16.8 Å². The standard InChI is InChI=1S/C20H26ClF2N4O2PSi/c1-30(2,28)17-15(7-6-14(22)16(17)23)24-18-13-8-9-27(19(13)26-20(21)25-18)12-29-10-11-31(3,4)5/h6-9H,10-12H2,1-5H3,(H,24,25,26). The van der Waals surface area contributed by atoms with Crippen LogP contribution in [-0.4, -0.2) is 42.5 Å². The van der Waals surface area contributed by atoms with Gasteiger partial charge in [-0.2, -0.15) is 9.97 Å². The van der Waals surface area contributed by atoms with Crippen LogP contribution in [0.4, 0.5) is 20.3 Å². The first-order valence-corrected chi connectivity index (χ1v) is 16.5. The first kappa shape index (κ1) is 23.9. The topological polar surface area (TPSA) is 69.0 Å². The number of benzene rings is 1.